The molecular weight excluding hydrogens is 258 g/mol. The molecule has 0 spiro atoms. The number of fused-ring (bicyclic) bond motifs is 1. The zero-order valence-electron chi connectivity index (χ0n) is 12.2. The van der Waals surface area contributed by atoms with Crippen LogP contribution < -0.4 is 5.32 Å². The number of nitrogens with one attached hydrogen (secondary N) is 1. The van der Waals surface area contributed by atoms with Crippen LogP contribution in [-0.2, 0) is 18.6 Å². The fourth-order valence-corrected chi connectivity index (χ4v) is 3.04. The molecule has 0 saturated carbocycles. The second-order valence-electron chi connectivity index (χ2n) is 5.55. The van der Waals surface area contributed by atoms with Gasteiger partial charge in [-0.05, 0) is 23.7 Å². The van der Waals surface area contributed by atoms with Crippen LogP contribution in [0.25, 0.3) is 0 Å². The molecule has 1 atom stereocenters. The molecule has 21 heavy (non-hydrogen) atoms. The van der Waals surface area contributed by atoms with Gasteiger partial charge in [-0.3, -0.25) is 10.2 Å². The van der Waals surface area contributed by atoms with Gasteiger partial charge in [0.25, 0.3) is 0 Å². The van der Waals surface area contributed by atoms with Gasteiger partial charge < -0.3 is 0 Å². The summed E-state index contributed by atoms with van der Waals surface area (Å²) in [5, 5.41) is 13.0. The average molecular weight is 277 g/mol. The van der Waals surface area contributed by atoms with Gasteiger partial charge in [-0.15, -0.1) is 0 Å². The summed E-state index contributed by atoms with van der Waals surface area (Å²) in [5.74, 6) is 0. The highest BCUT2D eigenvalue weighted by Crippen LogP contribution is 2.28. The second-order valence-corrected chi connectivity index (χ2v) is 5.55. The lowest BCUT2D eigenvalue weighted by Gasteiger charge is -2.31. The molecule has 106 valence electrons. The molecule has 0 bridgehead atoms. The van der Waals surface area contributed by atoms with Crippen molar-refractivity contribution in [3.8, 4) is 6.07 Å². The van der Waals surface area contributed by atoms with Crippen LogP contribution in [0, 0.1) is 11.3 Å². The SMILES string of the molecule is CNC(C#N)(CN1Cc2ccccc2C1)c1ccccc1. The molecule has 2 aromatic rings. The van der Waals surface area contributed by atoms with E-state index in [2.05, 4.69) is 40.6 Å². The third-order valence-corrected chi connectivity index (χ3v) is 4.25. The highest BCUT2D eigenvalue weighted by Gasteiger charge is 2.34. The molecule has 0 aromatic heterocycles. The largest absolute Gasteiger partial charge is 0.298 e. The Morgan fingerprint density at radius 3 is 2.14 bits per heavy atom. The molecule has 3 nitrogen and oxygen atoms in total. The number of likely N-dealkylation sites (N-methyl/N-ethyl adjacent to an activating group) is 1. The third kappa shape index (κ3) is 2.56. The molecule has 0 saturated heterocycles. The van der Waals surface area contributed by atoms with Crippen LogP contribution in [0.5, 0.6) is 0 Å². The zero-order valence-corrected chi connectivity index (χ0v) is 12.2. The normalized spacial score (nSPS) is 17.0. The summed E-state index contributed by atoms with van der Waals surface area (Å²) in [7, 11) is 1.86. The molecular formula is C18H19N3. The molecule has 0 amide bonds. The van der Waals surface area contributed by atoms with Gasteiger partial charge in [0, 0.05) is 19.6 Å². The highest BCUT2D eigenvalue weighted by atomic mass is 15.2. The van der Waals surface area contributed by atoms with Gasteiger partial charge in [-0.2, -0.15) is 5.26 Å². The Bertz CT molecular complexity index is 635. The summed E-state index contributed by atoms with van der Waals surface area (Å²) in [6, 6.07) is 21.0. The maximum atomic E-state index is 9.77. The van der Waals surface area contributed by atoms with Crippen molar-refractivity contribution in [1.29, 1.82) is 5.26 Å². The van der Waals surface area contributed by atoms with E-state index in [1.807, 2.05) is 37.4 Å². The van der Waals surface area contributed by atoms with Crippen molar-refractivity contribution < 1.29 is 0 Å². The lowest BCUT2D eigenvalue weighted by atomic mass is 9.91. The molecule has 3 rings (SSSR count). The fourth-order valence-electron chi connectivity index (χ4n) is 3.04. The van der Waals surface area contributed by atoms with Crippen LogP contribution in [0.15, 0.2) is 54.6 Å². The Morgan fingerprint density at radius 1 is 1.05 bits per heavy atom. The predicted octanol–water partition coefficient (Wildman–Crippen LogP) is 2.64. The summed E-state index contributed by atoms with van der Waals surface area (Å²) in [6.07, 6.45) is 0. The topological polar surface area (TPSA) is 39.1 Å². The molecule has 3 heteroatoms. The molecule has 1 unspecified atom stereocenters. The van der Waals surface area contributed by atoms with E-state index in [1.54, 1.807) is 0 Å². The first kappa shape index (κ1) is 13.8. The summed E-state index contributed by atoms with van der Waals surface area (Å²) in [5.41, 5.74) is 3.09. The summed E-state index contributed by atoms with van der Waals surface area (Å²) < 4.78 is 0. The minimum absolute atomic E-state index is 0.663. The first-order chi connectivity index (χ1) is 10.3. The van der Waals surface area contributed by atoms with E-state index in [-0.39, 0.29) is 0 Å². The molecule has 1 aliphatic heterocycles. The van der Waals surface area contributed by atoms with Crippen molar-refractivity contribution in [2.45, 2.75) is 18.6 Å². The molecule has 0 radical (unpaired) electrons. The van der Waals surface area contributed by atoms with E-state index in [1.165, 1.54) is 11.1 Å². The summed E-state index contributed by atoms with van der Waals surface area (Å²) >= 11 is 0. The standard InChI is InChI=1S/C18H19N3/c1-20-18(13-19,17-9-3-2-4-10-17)14-21-11-15-7-5-6-8-16(15)12-21/h2-10,20H,11-12,14H2,1H3. The zero-order chi connectivity index (χ0) is 14.7. The number of nitrogens with zero attached hydrogens (tertiary/aromatic N) is 2. The first-order valence-electron chi connectivity index (χ1n) is 7.22. The van der Waals surface area contributed by atoms with Crippen LogP contribution in [0.3, 0.4) is 0 Å². The van der Waals surface area contributed by atoms with E-state index in [0.717, 1.165) is 18.7 Å². The Morgan fingerprint density at radius 2 is 1.62 bits per heavy atom. The number of hydrogen-bond acceptors (Lipinski definition) is 3. The monoisotopic (exact) mass is 277 g/mol. The predicted molar refractivity (Wildman–Crippen MR) is 83.3 cm³/mol. The smallest absolute Gasteiger partial charge is 0.144 e. The van der Waals surface area contributed by atoms with Gasteiger partial charge in [-0.25, -0.2) is 0 Å². The lowest BCUT2D eigenvalue weighted by Crippen LogP contribution is -2.47. The van der Waals surface area contributed by atoms with Crippen LogP contribution in [0.1, 0.15) is 16.7 Å². The third-order valence-electron chi connectivity index (χ3n) is 4.25. The Kier molecular flexibility index (Phi) is 3.74. The van der Waals surface area contributed by atoms with Gasteiger partial charge in [0.05, 0.1) is 6.07 Å². The number of rotatable bonds is 4. The van der Waals surface area contributed by atoms with Crippen molar-refractivity contribution in [3.63, 3.8) is 0 Å². The van der Waals surface area contributed by atoms with Crippen molar-refractivity contribution in [3.05, 3.63) is 71.3 Å². The van der Waals surface area contributed by atoms with Crippen LogP contribution in [0.4, 0.5) is 0 Å². The summed E-state index contributed by atoms with van der Waals surface area (Å²) in [6.45, 7) is 2.50. The summed E-state index contributed by atoms with van der Waals surface area (Å²) in [4.78, 5) is 2.33. The minimum Gasteiger partial charge on any atom is -0.298 e. The van der Waals surface area contributed by atoms with Gasteiger partial charge in [0.1, 0.15) is 5.54 Å². The average Bonchev–Trinajstić information content (AvgIpc) is 2.96. The van der Waals surface area contributed by atoms with E-state index in [0.29, 0.717) is 6.54 Å². The van der Waals surface area contributed by atoms with Crippen molar-refractivity contribution in [2.24, 2.45) is 0 Å². The minimum atomic E-state index is -0.663. The van der Waals surface area contributed by atoms with Crippen molar-refractivity contribution in [2.75, 3.05) is 13.6 Å². The van der Waals surface area contributed by atoms with E-state index in [9.17, 15) is 5.26 Å². The van der Waals surface area contributed by atoms with Crippen molar-refractivity contribution in [1.82, 2.24) is 10.2 Å². The van der Waals surface area contributed by atoms with Gasteiger partial charge in [0.2, 0.25) is 0 Å². The second kappa shape index (κ2) is 5.69. The Labute approximate surface area is 125 Å². The molecule has 1 aliphatic rings. The quantitative estimate of drug-likeness (QED) is 0.934. The molecule has 0 aliphatic carbocycles. The Hall–Kier alpha value is -2.15. The van der Waals surface area contributed by atoms with Crippen LogP contribution in [0.2, 0.25) is 0 Å². The van der Waals surface area contributed by atoms with E-state index >= 15 is 0 Å². The lowest BCUT2D eigenvalue weighted by molar-refractivity contribution is 0.221. The number of benzene rings is 2. The highest BCUT2D eigenvalue weighted by molar-refractivity contribution is 5.34. The van der Waals surface area contributed by atoms with E-state index in [4.69, 9.17) is 0 Å². The van der Waals surface area contributed by atoms with Crippen LogP contribution in [-0.4, -0.2) is 18.5 Å². The molecule has 1 N–H and O–H groups in total. The van der Waals surface area contributed by atoms with Crippen LogP contribution >= 0.6 is 0 Å². The maximum absolute atomic E-state index is 9.77. The van der Waals surface area contributed by atoms with Gasteiger partial charge in [0.15, 0.2) is 0 Å². The van der Waals surface area contributed by atoms with Crippen molar-refractivity contribution >= 4 is 0 Å². The first-order valence-corrected chi connectivity index (χ1v) is 7.22. The van der Waals surface area contributed by atoms with Gasteiger partial charge in [-0.1, -0.05) is 54.6 Å². The molecule has 2 aromatic carbocycles. The van der Waals surface area contributed by atoms with Gasteiger partial charge >= 0.3 is 0 Å². The maximum Gasteiger partial charge on any atom is 0.144 e. The Balaban J connectivity index is 1.84. The molecule has 1 heterocycles. The van der Waals surface area contributed by atoms with E-state index < -0.39 is 5.54 Å². The fraction of sp³-hybridized carbons (Fsp3) is 0.278. The number of nitriles is 1. The number of hydrogen-bond donors (Lipinski definition) is 1. The molecule has 0 fully saturated rings.